The number of nitrogens with one attached hydrogen (secondary N) is 1. The van der Waals surface area contributed by atoms with Crippen molar-refractivity contribution >= 4 is 28.9 Å². The number of benzene rings is 2. The van der Waals surface area contributed by atoms with Crippen LogP contribution < -0.4 is 10.4 Å². The number of anilines is 1. The minimum Gasteiger partial charge on any atom is -0.545 e. The molecular weight excluding hydrogens is 356 g/mol. The van der Waals surface area contributed by atoms with Gasteiger partial charge in [0, 0.05) is 12.0 Å². The van der Waals surface area contributed by atoms with Gasteiger partial charge in [-0.25, -0.2) is 0 Å². The fraction of sp³-hybridized carbons (Fsp3) is 0.211. The Labute approximate surface area is 154 Å². The molecule has 1 N–H and O–H groups in total. The number of nitro benzene ring substituents is 1. The Morgan fingerprint density at radius 1 is 1.19 bits per heavy atom. The van der Waals surface area contributed by atoms with E-state index < -0.39 is 5.97 Å². The molecule has 1 aliphatic carbocycles. The van der Waals surface area contributed by atoms with Crippen LogP contribution in [-0.2, 0) is 0 Å². The summed E-state index contributed by atoms with van der Waals surface area (Å²) in [4.78, 5) is 22.1. The maximum Gasteiger partial charge on any atom is 0.275 e. The van der Waals surface area contributed by atoms with Crippen LogP contribution in [0.25, 0.3) is 0 Å². The first-order valence-electron chi connectivity index (χ1n) is 8.18. The van der Waals surface area contributed by atoms with E-state index in [2.05, 4.69) is 5.32 Å². The summed E-state index contributed by atoms with van der Waals surface area (Å²) in [6.45, 7) is 0. The number of carboxylic acid groups (broad SMARTS) is 1. The van der Waals surface area contributed by atoms with Gasteiger partial charge in [0.2, 0.25) is 0 Å². The lowest BCUT2D eigenvalue weighted by Crippen LogP contribution is -2.30. The van der Waals surface area contributed by atoms with E-state index in [9.17, 15) is 20.0 Å². The molecule has 4 rings (SSSR count). The van der Waals surface area contributed by atoms with Crippen LogP contribution in [0, 0.1) is 16.0 Å². The molecule has 0 saturated heterocycles. The molecule has 1 aliphatic heterocycles. The topological polar surface area (TPSA) is 95.3 Å². The number of nitrogens with zero attached hydrogens (tertiary/aromatic N) is 1. The van der Waals surface area contributed by atoms with E-state index in [-0.39, 0.29) is 34.1 Å². The van der Waals surface area contributed by atoms with Crippen molar-refractivity contribution in [3.05, 3.63) is 80.4 Å². The maximum atomic E-state index is 11.5. The third kappa shape index (κ3) is 2.54. The first kappa shape index (κ1) is 16.6. The van der Waals surface area contributed by atoms with E-state index in [4.69, 9.17) is 11.6 Å². The van der Waals surface area contributed by atoms with E-state index >= 15 is 0 Å². The second-order valence-corrected chi connectivity index (χ2v) is 6.90. The number of carbonyl (C=O) groups is 1. The van der Waals surface area contributed by atoms with Crippen molar-refractivity contribution in [2.45, 2.75) is 18.4 Å². The monoisotopic (exact) mass is 369 g/mol. The zero-order valence-electron chi connectivity index (χ0n) is 13.5. The number of nitro groups is 1. The Morgan fingerprint density at radius 2 is 1.92 bits per heavy atom. The lowest BCUT2D eigenvalue weighted by atomic mass is 9.76. The first-order valence-corrected chi connectivity index (χ1v) is 8.56. The van der Waals surface area contributed by atoms with Gasteiger partial charge in [0.15, 0.2) is 0 Å². The van der Waals surface area contributed by atoms with Gasteiger partial charge in [-0.2, -0.15) is 0 Å². The molecule has 0 fully saturated rings. The Morgan fingerprint density at radius 3 is 2.58 bits per heavy atom. The molecule has 7 heteroatoms. The van der Waals surface area contributed by atoms with Gasteiger partial charge in [0.25, 0.3) is 5.69 Å². The number of carboxylic acids is 1. The molecule has 26 heavy (non-hydrogen) atoms. The van der Waals surface area contributed by atoms with Crippen LogP contribution in [0.2, 0.25) is 5.02 Å². The van der Waals surface area contributed by atoms with Gasteiger partial charge in [0.05, 0.1) is 33.2 Å². The summed E-state index contributed by atoms with van der Waals surface area (Å²) in [5.74, 6) is -1.25. The molecule has 1 heterocycles. The van der Waals surface area contributed by atoms with Crippen LogP contribution in [0.5, 0.6) is 0 Å². The van der Waals surface area contributed by atoms with E-state index in [0.717, 1.165) is 12.0 Å². The molecule has 132 valence electrons. The minimum atomic E-state index is -1.22. The van der Waals surface area contributed by atoms with Crippen LogP contribution in [-0.4, -0.2) is 10.9 Å². The van der Waals surface area contributed by atoms with Crippen molar-refractivity contribution in [1.82, 2.24) is 0 Å². The van der Waals surface area contributed by atoms with Gasteiger partial charge in [0.1, 0.15) is 0 Å². The molecule has 6 nitrogen and oxygen atoms in total. The van der Waals surface area contributed by atoms with Crippen LogP contribution in [0.15, 0.2) is 48.6 Å². The number of rotatable bonds is 3. The number of hydrogen-bond donors (Lipinski definition) is 1. The molecule has 0 amide bonds. The second kappa shape index (κ2) is 6.14. The molecule has 0 aromatic heterocycles. The van der Waals surface area contributed by atoms with Gasteiger partial charge >= 0.3 is 0 Å². The van der Waals surface area contributed by atoms with Crippen molar-refractivity contribution in [1.29, 1.82) is 0 Å². The first-order chi connectivity index (χ1) is 12.5. The van der Waals surface area contributed by atoms with Crippen molar-refractivity contribution in [2.75, 3.05) is 5.32 Å². The number of allylic oxidation sites excluding steroid dienone is 2. The predicted molar refractivity (Wildman–Crippen MR) is 95.2 cm³/mol. The second-order valence-electron chi connectivity index (χ2n) is 6.50. The highest BCUT2D eigenvalue weighted by Crippen LogP contribution is 2.54. The summed E-state index contributed by atoms with van der Waals surface area (Å²) in [5, 5.41) is 26.2. The quantitative estimate of drug-likeness (QED) is 0.508. The number of fused-ring (bicyclic) bond motifs is 3. The molecule has 3 atom stereocenters. The Kier molecular flexibility index (Phi) is 3.92. The lowest BCUT2D eigenvalue weighted by Gasteiger charge is -2.37. The van der Waals surface area contributed by atoms with Gasteiger partial charge in [-0.1, -0.05) is 48.0 Å². The van der Waals surface area contributed by atoms with Gasteiger partial charge in [-0.05, 0) is 29.5 Å². The molecule has 2 aromatic rings. The van der Waals surface area contributed by atoms with E-state index in [1.807, 2.05) is 12.2 Å². The van der Waals surface area contributed by atoms with E-state index in [0.29, 0.717) is 16.3 Å². The highest BCUT2D eigenvalue weighted by atomic mass is 35.5. The molecule has 2 aliphatic rings. The number of aromatic carboxylic acids is 1. The zero-order valence-corrected chi connectivity index (χ0v) is 14.3. The van der Waals surface area contributed by atoms with Gasteiger partial charge in [-0.15, -0.1) is 0 Å². The van der Waals surface area contributed by atoms with Crippen molar-refractivity contribution < 1.29 is 14.8 Å². The van der Waals surface area contributed by atoms with E-state index in [1.165, 1.54) is 24.3 Å². The molecule has 0 radical (unpaired) electrons. The third-order valence-corrected chi connectivity index (χ3v) is 5.46. The number of hydrogen-bond acceptors (Lipinski definition) is 5. The average Bonchev–Trinajstić information content (AvgIpc) is 3.11. The van der Waals surface area contributed by atoms with Crippen LogP contribution in [0.4, 0.5) is 11.4 Å². The Hall–Kier alpha value is -2.86. The van der Waals surface area contributed by atoms with Gasteiger partial charge in [-0.3, -0.25) is 10.1 Å². The summed E-state index contributed by atoms with van der Waals surface area (Å²) in [7, 11) is 0. The minimum absolute atomic E-state index is 0.0594. The van der Waals surface area contributed by atoms with Crippen LogP contribution in [0.3, 0.4) is 0 Å². The molecule has 0 bridgehead atoms. The van der Waals surface area contributed by atoms with E-state index in [1.54, 1.807) is 12.1 Å². The van der Waals surface area contributed by atoms with Crippen LogP contribution in [0.1, 0.15) is 39.9 Å². The van der Waals surface area contributed by atoms with Crippen molar-refractivity contribution in [3.8, 4) is 0 Å². The van der Waals surface area contributed by atoms with Crippen molar-refractivity contribution in [2.24, 2.45) is 5.92 Å². The molecule has 0 spiro atoms. The lowest BCUT2D eigenvalue weighted by molar-refractivity contribution is -0.385. The largest absolute Gasteiger partial charge is 0.545 e. The summed E-state index contributed by atoms with van der Waals surface area (Å²) in [6.07, 6.45) is 4.79. The Balaban J connectivity index is 1.81. The highest BCUT2D eigenvalue weighted by Gasteiger charge is 2.42. The summed E-state index contributed by atoms with van der Waals surface area (Å²) in [6, 6.07) is 9.35. The summed E-state index contributed by atoms with van der Waals surface area (Å²) in [5.41, 5.74) is 2.26. The fourth-order valence-electron chi connectivity index (χ4n) is 3.97. The van der Waals surface area contributed by atoms with Gasteiger partial charge < -0.3 is 15.2 Å². The van der Waals surface area contributed by atoms with Crippen LogP contribution >= 0.6 is 11.6 Å². The zero-order chi connectivity index (χ0) is 18.4. The third-order valence-electron chi connectivity index (χ3n) is 5.15. The number of halogens is 1. The van der Waals surface area contributed by atoms with Crippen molar-refractivity contribution in [3.63, 3.8) is 0 Å². The SMILES string of the molecule is O=C([O-])c1ccc([C@H]2Nc3c(Cl)ccc([N+](=O)[O-])c3[C@@H]3C=CC[C@@H]23)cc1. The average molecular weight is 370 g/mol. The smallest absolute Gasteiger partial charge is 0.275 e. The summed E-state index contributed by atoms with van der Waals surface area (Å²) < 4.78 is 0. The summed E-state index contributed by atoms with van der Waals surface area (Å²) >= 11 is 6.33. The molecule has 0 saturated carbocycles. The highest BCUT2D eigenvalue weighted by molar-refractivity contribution is 6.33. The molecule has 2 aromatic carbocycles. The standard InChI is InChI=1S/C19H15ClN2O4/c20-14-8-9-15(22(25)26)16-12-2-1-3-13(12)17(21-18(14)16)10-4-6-11(7-5-10)19(23)24/h1-2,4-9,12-13,17,21H,3H2,(H,23,24)/p-1/t12-,13-,17-/m1/s1. The molecular formula is C19H14ClN2O4-. The fourth-order valence-corrected chi connectivity index (χ4v) is 4.19. The normalized spacial score (nSPS) is 23.0. The maximum absolute atomic E-state index is 11.5. The Bertz CT molecular complexity index is 939. The number of carbonyl (C=O) groups excluding carboxylic acids is 1. The predicted octanol–water partition coefficient (Wildman–Crippen LogP) is 3.44. The molecule has 0 unspecified atom stereocenters.